The Morgan fingerprint density at radius 1 is 1.67 bits per heavy atom. The smallest absolute Gasteiger partial charge is 0.405 e. The van der Waals surface area contributed by atoms with Crippen LogP contribution in [0.5, 0.6) is 0 Å². The van der Waals surface area contributed by atoms with E-state index < -0.39 is 18.0 Å². The Kier molecular flexibility index (Phi) is 3.44. The molecule has 0 spiro atoms. The largest absolute Gasteiger partial charge is 0.465 e. The summed E-state index contributed by atoms with van der Waals surface area (Å²) in [6.45, 7) is 5.15. The van der Waals surface area contributed by atoms with Crippen molar-refractivity contribution in [1.82, 2.24) is 5.32 Å². The minimum atomic E-state index is -1.18. The third kappa shape index (κ3) is 2.80. The standard InChI is InChI=1S/C11H12FNO2/c1-3-8-4-5-10(12)9(6-8)7(2)13-11(14)15/h3-7,13H,1H2,2H3,(H,14,15). The third-order valence-corrected chi connectivity index (χ3v) is 2.06. The normalized spacial score (nSPS) is 11.9. The number of nitrogens with one attached hydrogen (secondary N) is 1. The molecule has 1 rings (SSSR count). The molecule has 0 saturated carbocycles. The molecule has 0 bridgehead atoms. The van der Waals surface area contributed by atoms with Gasteiger partial charge in [0.25, 0.3) is 0 Å². The van der Waals surface area contributed by atoms with Crippen molar-refractivity contribution in [3.8, 4) is 0 Å². The van der Waals surface area contributed by atoms with Gasteiger partial charge in [-0.3, -0.25) is 0 Å². The molecule has 0 heterocycles. The summed E-state index contributed by atoms with van der Waals surface area (Å²) in [6, 6.07) is 3.87. The van der Waals surface area contributed by atoms with E-state index in [0.29, 0.717) is 5.56 Å². The van der Waals surface area contributed by atoms with E-state index >= 15 is 0 Å². The van der Waals surface area contributed by atoms with E-state index in [-0.39, 0.29) is 0 Å². The first-order valence-corrected chi connectivity index (χ1v) is 4.46. The minimum Gasteiger partial charge on any atom is -0.465 e. The summed E-state index contributed by atoms with van der Waals surface area (Å²) in [4.78, 5) is 10.4. The van der Waals surface area contributed by atoms with E-state index in [1.165, 1.54) is 6.07 Å². The first kappa shape index (κ1) is 11.2. The fraction of sp³-hybridized carbons (Fsp3) is 0.182. The molecule has 3 nitrogen and oxygen atoms in total. The van der Waals surface area contributed by atoms with Crippen LogP contribution in [-0.2, 0) is 0 Å². The van der Waals surface area contributed by atoms with Crippen LogP contribution in [0.1, 0.15) is 24.1 Å². The molecule has 0 fully saturated rings. The highest BCUT2D eigenvalue weighted by Crippen LogP contribution is 2.18. The zero-order chi connectivity index (χ0) is 11.4. The number of hydrogen-bond donors (Lipinski definition) is 2. The van der Waals surface area contributed by atoms with Crippen LogP contribution < -0.4 is 5.32 Å². The second-order valence-corrected chi connectivity index (χ2v) is 3.16. The van der Waals surface area contributed by atoms with Gasteiger partial charge in [0.2, 0.25) is 0 Å². The highest BCUT2D eigenvalue weighted by atomic mass is 19.1. The van der Waals surface area contributed by atoms with Gasteiger partial charge >= 0.3 is 6.09 Å². The number of rotatable bonds is 3. The van der Waals surface area contributed by atoms with E-state index in [2.05, 4.69) is 11.9 Å². The number of carboxylic acid groups (broad SMARTS) is 1. The number of carbonyl (C=O) groups is 1. The van der Waals surface area contributed by atoms with Crippen LogP contribution in [0.15, 0.2) is 24.8 Å². The summed E-state index contributed by atoms with van der Waals surface area (Å²) in [5.41, 5.74) is 1.07. The summed E-state index contributed by atoms with van der Waals surface area (Å²) in [5, 5.41) is 10.7. The van der Waals surface area contributed by atoms with Crippen LogP contribution in [-0.4, -0.2) is 11.2 Å². The first-order chi connectivity index (χ1) is 7.04. The topological polar surface area (TPSA) is 49.3 Å². The Labute approximate surface area is 87.2 Å². The second kappa shape index (κ2) is 4.59. The van der Waals surface area contributed by atoms with Gasteiger partial charge in [-0.15, -0.1) is 0 Å². The molecule has 0 aliphatic carbocycles. The third-order valence-electron chi connectivity index (χ3n) is 2.06. The van der Waals surface area contributed by atoms with Crippen LogP contribution in [0, 0.1) is 5.82 Å². The summed E-state index contributed by atoms with van der Waals surface area (Å²) < 4.78 is 13.3. The molecule has 1 atom stereocenters. The van der Waals surface area contributed by atoms with Gasteiger partial charge in [0.15, 0.2) is 0 Å². The first-order valence-electron chi connectivity index (χ1n) is 4.46. The molecule has 0 saturated heterocycles. The Morgan fingerprint density at radius 2 is 2.33 bits per heavy atom. The zero-order valence-electron chi connectivity index (χ0n) is 8.33. The lowest BCUT2D eigenvalue weighted by Crippen LogP contribution is -2.25. The lowest BCUT2D eigenvalue weighted by atomic mass is 10.0. The van der Waals surface area contributed by atoms with Gasteiger partial charge in [0.05, 0.1) is 6.04 Å². The van der Waals surface area contributed by atoms with E-state index in [9.17, 15) is 9.18 Å². The maximum Gasteiger partial charge on any atom is 0.405 e. The minimum absolute atomic E-state index is 0.315. The lowest BCUT2D eigenvalue weighted by molar-refractivity contribution is 0.190. The highest BCUT2D eigenvalue weighted by molar-refractivity contribution is 5.65. The van der Waals surface area contributed by atoms with Crippen molar-refractivity contribution in [2.45, 2.75) is 13.0 Å². The Balaban J connectivity index is 3.00. The Bertz CT molecular complexity index is 390. The molecule has 0 aromatic heterocycles. The fourth-order valence-electron chi connectivity index (χ4n) is 1.28. The molecule has 1 amide bonds. The number of hydrogen-bond acceptors (Lipinski definition) is 1. The summed E-state index contributed by atoms with van der Waals surface area (Å²) in [7, 11) is 0. The predicted octanol–water partition coefficient (Wildman–Crippen LogP) is 2.80. The number of halogens is 1. The Morgan fingerprint density at radius 3 is 2.87 bits per heavy atom. The quantitative estimate of drug-likeness (QED) is 0.804. The van der Waals surface area contributed by atoms with Gasteiger partial charge in [0, 0.05) is 5.56 Å². The molecule has 15 heavy (non-hydrogen) atoms. The molecule has 0 aliphatic rings. The fourth-order valence-corrected chi connectivity index (χ4v) is 1.28. The maximum atomic E-state index is 13.3. The van der Waals surface area contributed by atoms with Crippen molar-refractivity contribution in [1.29, 1.82) is 0 Å². The molecule has 80 valence electrons. The SMILES string of the molecule is C=Cc1ccc(F)c(C(C)NC(=O)O)c1. The molecule has 1 aromatic carbocycles. The lowest BCUT2D eigenvalue weighted by Gasteiger charge is -2.13. The van der Waals surface area contributed by atoms with Crippen LogP contribution in [0.2, 0.25) is 0 Å². The maximum absolute atomic E-state index is 13.3. The number of benzene rings is 1. The van der Waals surface area contributed by atoms with Gasteiger partial charge in [-0.2, -0.15) is 0 Å². The van der Waals surface area contributed by atoms with Crippen LogP contribution >= 0.6 is 0 Å². The van der Waals surface area contributed by atoms with Crippen molar-refractivity contribution in [3.05, 3.63) is 41.7 Å². The molecular weight excluding hydrogens is 197 g/mol. The van der Waals surface area contributed by atoms with E-state index in [1.54, 1.807) is 25.1 Å². The van der Waals surface area contributed by atoms with Gasteiger partial charge in [-0.25, -0.2) is 9.18 Å². The van der Waals surface area contributed by atoms with Crippen molar-refractivity contribution < 1.29 is 14.3 Å². The van der Waals surface area contributed by atoms with Gasteiger partial charge < -0.3 is 10.4 Å². The van der Waals surface area contributed by atoms with Gasteiger partial charge in [-0.1, -0.05) is 18.7 Å². The summed E-state index contributed by atoms with van der Waals surface area (Å²) in [6.07, 6.45) is 0.405. The zero-order valence-corrected chi connectivity index (χ0v) is 8.33. The molecule has 0 radical (unpaired) electrons. The molecule has 0 aliphatic heterocycles. The highest BCUT2D eigenvalue weighted by Gasteiger charge is 2.12. The van der Waals surface area contributed by atoms with Crippen molar-refractivity contribution >= 4 is 12.2 Å². The second-order valence-electron chi connectivity index (χ2n) is 3.16. The van der Waals surface area contributed by atoms with Crippen LogP contribution in [0.3, 0.4) is 0 Å². The molecule has 2 N–H and O–H groups in total. The van der Waals surface area contributed by atoms with Crippen molar-refractivity contribution in [3.63, 3.8) is 0 Å². The monoisotopic (exact) mass is 209 g/mol. The number of amides is 1. The van der Waals surface area contributed by atoms with Crippen LogP contribution in [0.4, 0.5) is 9.18 Å². The summed E-state index contributed by atoms with van der Waals surface area (Å²) in [5.74, 6) is -0.429. The molecule has 1 aromatic rings. The van der Waals surface area contributed by atoms with Crippen LogP contribution in [0.25, 0.3) is 6.08 Å². The van der Waals surface area contributed by atoms with E-state index in [4.69, 9.17) is 5.11 Å². The van der Waals surface area contributed by atoms with E-state index in [0.717, 1.165) is 5.56 Å². The van der Waals surface area contributed by atoms with E-state index in [1.807, 2.05) is 0 Å². The Hall–Kier alpha value is -1.84. The average molecular weight is 209 g/mol. The van der Waals surface area contributed by atoms with Gasteiger partial charge in [-0.05, 0) is 24.6 Å². The van der Waals surface area contributed by atoms with Gasteiger partial charge in [0.1, 0.15) is 5.82 Å². The van der Waals surface area contributed by atoms with Crippen molar-refractivity contribution in [2.75, 3.05) is 0 Å². The van der Waals surface area contributed by atoms with Crippen molar-refractivity contribution in [2.24, 2.45) is 0 Å². The molecular formula is C11H12FNO2. The average Bonchev–Trinajstić information content (AvgIpc) is 2.17. The summed E-state index contributed by atoms with van der Waals surface area (Å²) >= 11 is 0. The molecule has 1 unspecified atom stereocenters. The predicted molar refractivity (Wildman–Crippen MR) is 56.1 cm³/mol. The molecule has 4 heteroatoms.